The van der Waals surface area contributed by atoms with Crippen molar-refractivity contribution in [2.75, 3.05) is 33.2 Å². The van der Waals surface area contributed by atoms with Crippen LogP contribution in [0.4, 0.5) is 0 Å². The van der Waals surface area contributed by atoms with E-state index in [0.29, 0.717) is 18.1 Å². The van der Waals surface area contributed by atoms with Crippen molar-refractivity contribution in [2.24, 2.45) is 4.99 Å². The van der Waals surface area contributed by atoms with Gasteiger partial charge in [0, 0.05) is 13.6 Å². The zero-order valence-electron chi connectivity index (χ0n) is 15.9. The first kappa shape index (κ1) is 21.7. The number of nitrogens with zero attached hydrogens (tertiary/aromatic N) is 4. The maximum absolute atomic E-state index is 5.30. The van der Waals surface area contributed by atoms with E-state index in [1.54, 1.807) is 13.3 Å². The number of furan rings is 1. The summed E-state index contributed by atoms with van der Waals surface area (Å²) in [6.07, 6.45) is 8.18. The summed E-state index contributed by atoms with van der Waals surface area (Å²) in [6.45, 7) is 5.08. The summed E-state index contributed by atoms with van der Waals surface area (Å²) in [5, 5.41) is 13.7. The van der Waals surface area contributed by atoms with Crippen molar-refractivity contribution in [1.29, 1.82) is 0 Å². The van der Waals surface area contributed by atoms with Gasteiger partial charge in [0.05, 0.1) is 12.8 Å². The number of likely N-dealkylation sites (tertiary alicyclic amines) is 1. The Morgan fingerprint density at radius 2 is 2.07 bits per heavy atom. The first-order chi connectivity index (χ1) is 12.8. The van der Waals surface area contributed by atoms with Gasteiger partial charge in [-0.25, -0.2) is 4.98 Å². The Labute approximate surface area is 177 Å². The van der Waals surface area contributed by atoms with Gasteiger partial charge in [-0.3, -0.25) is 10.1 Å². The first-order valence-electron chi connectivity index (χ1n) is 9.47. The second-order valence-electron chi connectivity index (χ2n) is 6.54. The van der Waals surface area contributed by atoms with E-state index < -0.39 is 0 Å². The second kappa shape index (κ2) is 12.0. The van der Waals surface area contributed by atoms with E-state index >= 15 is 0 Å². The van der Waals surface area contributed by atoms with Crippen molar-refractivity contribution in [3.8, 4) is 11.6 Å². The molecular weight excluding hydrogens is 457 g/mol. The predicted octanol–water partition coefficient (Wildman–Crippen LogP) is 2.61. The van der Waals surface area contributed by atoms with Crippen molar-refractivity contribution in [1.82, 2.24) is 30.7 Å². The summed E-state index contributed by atoms with van der Waals surface area (Å²) in [5.74, 6) is 2.73. The fraction of sp³-hybridized carbons (Fsp3) is 0.611. The van der Waals surface area contributed by atoms with Crippen LogP contribution in [0, 0.1) is 0 Å². The molecule has 0 aromatic carbocycles. The van der Waals surface area contributed by atoms with Crippen molar-refractivity contribution in [2.45, 2.75) is 38.6 Å². The summed E-state index contributed by atoms with van der Waals surface area (Å²) in [5.41, 5.74) is 0. The Morgan fingerprint density at radius 1 is 1.26 bits per heavy atom. The summed E-state index contributed by atoms with van der Waals surface area (Å²) in [7, 11) is 1.78. The summed E-state index contributed by atoms with van der Waals surface area (Å²) in [6, 6.07) is 3.66. The molecule has 1 saturated heterocycles. The number of aromatic nitrogens is 3. The van der Waals surface area contributed by atoms with E-state index in [9.17, 15) is 0 Å². The predicted molar refractivity (Wildman–Crippen MR) is 117 cm³/mol. The SMILES string of the molecule is CN=C(NCCCN1CCCCCC1)NCc1nc(-c2ccco2)n[nH]1.I. The van der Waals surface area contributed by atoms with Crippen LogP contribution in [-0.2, 0) is 6.54 Å². The molecule has 1 aliphatic rings. The Balaban J connectivity index is 0.00000261. The van der Waals surface area contributed by atoms with Crippen LogP contribution in [0.15, 0.2) is 27.8 Å². The highest BCUT2D eigenvalue weighted by atomic mass is 127. The molecule has 8 nitrogen and oxygen atoms in total. The van der Waals surface area contributed by atoms with Crippen LogP contribution in [0.3, 0.4) is 0 Å². The Kier molecular flexibility index (Phi) is 9.60. The van der Waals surface area contributed by atoms with Crippen molar-refractivity contribution in [3.05, 3.63) is 24.2 Å². The van der Waals surface area contributed by atoms with E-state index in [2.05, 4.69) is 35.7 Å². The van der Waals surface area contributed by atoms with Gasteiger partial charge < -0.3 is 20.0 Å². The van der Waals surface area contributed by atoms with Crippen LogP contribution in [0.2, 0.25) is 0 Å². The van der Waals surface area contributed by atoms with Crippen LogP contribution in [0.1, 0.15) is 37.9 Å². The molecule has 0 saturated carbocycles. The van der Waals surface area contributed by atoms with E-state index in [1.807, 2.05) is 12.1 Å². The minimum Gasteiger partial charge on any atom is -0.461 e. The van der Waals surface area contributed by atoms with Crippen LogP contribution in [-0.4, -0.2) is 59.3 Å². The highest BCUT2D eigenvalue weighted by Crippen LogP contribution is 2.14. The van der Waals surface area contributed by atoms with E-state index in [0.717, 1.165) is 31.3 Å². The third-order valence-corrected chi connectivity index (χ3v) is 4.56. The average Bonchev–Trinajstić information content (AvgIpc) is 3.29. The van der Waals surface area contributed by atoms with Crippen LogP contribution >= 0.6 is 24.0 Å². The molecule has 0 atom stereocenters. The lowest BCUT2D eigenvalue weighted by atomic mass is 10.2. The van der Waals surface area contributed by atoms with Gasteiger partial charge in [0.2, 0.25) is 5.82 Å². The normalized spacial score (nSPS) is 15.8. The third-order valence-electron chi connectivity index (χ3n) is 4.56. The standard InChI is InChI=1S/C18H29N7O.HI/c1-19-18(20-9-7-12-25-10-4-2-3-5-11-25)21-14-16-22-17(24-23-16)15-8-6-13-26-15;/h6,8,13H,2-5,7,9-12,14H2,1H3,(H2,19,20,21)(H,22,23,24);1H. The van der Waals surface area contributed by atoms with Crippen LogP contribution in [0.25, 0.3) is 11.6 Å². The van der Waals surface area contributed by atoms with Gasteiger partial charge in [0.25, 0.3) is 0 Å². The smallest absolute Gasteiger partial charge is 0.216 e. The Bertz CT molecular complexity index is 663. The molecule has 0 bridgehead atoms. The number of guanidine groups is 1. The molecule has 0 radical (unpaired) electrons. The summed E-state index contributed by atoms with van der Waals surface area (Å²) < 4.78 is 5.30. The second-order valence-corrected chi connectivity index (χ2v) is 6.54. The van der Waals surface area contributed by atoms with Gasteiger partial charge in [0.15, 0.2) is 11.7 Å². The van der Waals surface area contributed by atoms with Crippen molar-refractivity contribution in [3.63, 3.8) is 0 Å². The molecular formula is C18H30IN7O. The molecule has 3 N–H and O–H groups in total. The molecule has 2 aromatic rings. The zero-order chi connectivity index (χ0) is 18.0. The fourth-order valence-corrected chi connectivity index (χ4v) is 3.15. The topological polar surface area (TPSA) is 94.4 Å². The lowest BCUT2D eigenvalue weighted by Gasteiger charge is -2.20. The molecule has 0 spiro atoms. The van der Waals surface area contributed by atoms with Crippen LogP contribution < -0.4 is 10.6 Å². The summed E-state index contributed by atoms with van der Waals surface area (Å²) >= 11 is 0. The monoisotopic (exact) mass is 487 g/mol. The fourth-order valence-electron chi connectivity index (χ4n) is 3.15. The maximum Gasteiger partial charge on any atom is 0.216 e. The molecule has 3 rings (SSSR count). The van der Waals surface area contributed by atoms with Crippen molar-refractivity contribution < 1.29 is 4.42 Å². The molecule has 27 heavy (non-hydrogen) atoms. The van der Waals surface area contributed by atoms with Crippen molar-refractivity contribution >= 4 is 29.9 Å². The van der Waals surface area contributed by atoms with Gasteiger partial charge in [-0.15, -0.1) is 29.1 Å². The highest BCUT2D eigenvalue weighted by Gasteiger charge is 2.10. The lowest BCUT2D eigenvalue weighted by Crippen LogP contribution is -2.38. The molecule has 0 unspecified atom stereocenters. The molecule has 150 valence electrons. The molecule has 3 heterocycles. The highest BCUT2D eigenvalue weighted by molar-refractivity contribution is 14.0. The summed E-state index contributed by atoms with van der Waals surface area (Å²) in [4.78, 5) is 11.3. The molecule has 1 fully saturated rings. The number of hydrogen-bond acceptors (Lipinski definition) is 5. The minimum atomic E-state index is 0. The quantitative estimate of drug-likeness (QED) is 0.241. The first-order valence-corrected chi connectivity index (χ1v) is 9.47. The third kappa shape index (κ3) is 7.13. The molecule has 2 aromatic heterocycles. The molecule has 1 aliphatic heterocycles. The Morgan fingerprint density at radius 3 is 2.78 bits per heavy atom. The number of halogens is 1. The number of aliphatic imine (C=N–C) groups is 1. The van der Waals surface area contributed by atoms with Crippen LogP contribution in [0.5, 0.6) is 0 Å². The van der Waals surface area contributed by atoms with Gasteiger partial charge in [0.1, 0.15) is 5.82 Å². The van der Waals surface area contributed by atoms with Gasteiger partial charge >= 0.3 is 0 Å². The number of rotatable bonds is 7. The molecule has 9 heteroatoms. The number of aromatic amines is 1. The molecule has 0 aliphatic carbocycles. The van der Waals surface area contributed by atoms with E-state index in [1.165, 1.54) is 38.8 Å². The van der Waals surface area contributed by atoms with Gasteiger partial charge in [-0.05, 0) is 51.0 Å². The maximum atomic E-state index is 5.30. The van der Waals surface area contributed by atoms with E-state index in [4.69, 9.17) is 4.42 Å². The average molecular weight is 487 g/mol. The lowest BCUT2D eigenvalue weighted by molar-refractivity contribution is 0.282. The molecule has 0 amide bonds. The van der Waals surface area contributed by atoms with Gasteiger partial charge in [-0.2, -0.15) is 0 Å². The number of hydrogen-bond donors (Lipinski definition) is 3. The zero-order valence-corrected chi connectivity index (χ0v) is 18.2. The number of nitrogens with one attached hydrogen (secondary N) is 3. The largest absolute Gasteiger partial charge is 0.461 e. The number of H-pyrrole nitrogens is 1. The van der Waals surface area contributed by atoms with Gasteiger partial charge in [-0.1, -0.05) is 12.8 Å². The minimum absolute atomic E-state index is 0. The van der Waals surface area contributed by atoms with E-state index in [-0.39, 0.29) is 24.0 Å². The Hall–Kier alpha value is -1.62.